The molecule has 0 aliphatic carbocycles. The molecule has 3 heterocycles. The van der Waals surface area contributed by atoms with E-state index in [1.165, 1.54) is 0 Å². The molecule has 1 saturated heterocycles. The number of aliphatic carboxylic acids is 1. The second-order valence-corrected chi connectivity index (χ2v) is 10.5. The summed E-state index contributed by atoms with van der Waals surface area (Å²) in [7, 11) is 0. The van der Waals surface area contributed by atoms with Crippen LogP contribution in [0.3, 0.4) is 0 Å². The minimum Gasteiger partial charge on any atom is -0.481 e. The van der Waals surface area contributed by atoms with E-state index in [2.05, 4.69) is 0 Å². The second kappa shape index (κ2) is 9.83. The number of nitrogens with zero attached hydrogens (tertiary/aromatic N) is 1. The molecule has 202 valence electrons. The monoisotopic (exact) mass is 535 g/mol. The van der Waals surface area contributed by atoms with E-state index in [-0.39, 0.29) is 12.3 Å². The summed E-state index contributed by atoms with van der Waals surface area (Å²) in [4.78, 5) is 40.4. The van der Waals surface area contributed by atoms with Gasteiger partial charge in [-0.15, -0.1) is 0 Å². The Balaban J connectivity index is 1.30. The molecule has 5 aromatic rings. The van der Waals surface area contributed by atoms with Gasteiger partial charge in [-0.3, -0.25) is 9.59 Å². The number of piperidine rings is 1. The first-order valence-corrected chi connectivity index (χ1v) is 13.4. The van der Waals surface area contributed by atoms with Crippen LogP contribution in [0.4, 0.5) is 0 Å². The van der Waals surface area contributed by atoms with Crippen molar-refractivity contribution in [3.05, 3.63) is 106 Å². The first-order chi connectivity index (χ1) is 19.3. The molecule has 0 bridgehead atoms. The van der Waals surface area contributed by atoms with E-state index in [1.807, 2.05) is 80.6 Å². The number of furan rings is 1. The summed E-state index contributed by atoms with van der Waals surface area (Å²) in [5.41, 5.74) is 3.23. The number of rotatable bonds is 5. The summed E-state index contributed by atoms with van der Waals surface area (Å²) in [5, 5.41) is 11.7. The fraction of sp³-hybridized carbons (Fsp3) is 0.242. The molecular weight excluding hydrogens is 506 g/mol. The van der Waals surface area contributed by atoms with Gasteiger partial charge in [0.1, 0.15) is 16.9 Å². The van der Waals surface area contributed by atoms with Crippen molar-refractivity contribution in [3.63, 3.8) is 0 Å². The van der Waals surface area contributed by atoms with Gasteiger partial charge in [0.25, 0.3) is 0 Å². The summed E-state index contributed by atoms with van der Waals surface area (Å²) in [5.74, 6) is -0.329. The molecule has 2 aromatic heterocycles. The lowest BCUT2D eigenvalue weighted by atomic mass is 9.73. The smallest absolute Gasteiger partial charge is 0.340 e. The van der Waals surface area contributed by atoms with Crippen LogP contribution >= 0.6 is 0 Å². The zero-order valence-corrected chi connectivity index (χ0v) is 22.4. The molecule has 0 saturated carbocycles. The number of hydrogen-bond donors (Lipinski definition) is 1. The number of carbonyl (C=O) groups is 2. The highest BCUT2D eigenvalue weighted by atomic mass is 16.4. The third-order valence-electron chi connectivity index (χ3n) is 8.37. The third kappa shape index (κ3) is 4.18. The minimum absolute atomic E-state index is 0.108. The van der Waals surface area contributed by atoms with Crippen LogP contribution in [-0.4, -0.2) is 35.0 Å². The van der Waals surface area contributed by atoms with Crippen molar-refractivity contribution in [3.8, 4) is 11.1 Å². The standard InChI is InChI=1S/C33H29NO6/c1-20-24-17-26-28(39-21(2)30(26)22-9-5-3-6-10-22)19-27(24)40-31(36)25(20)18-29(35)34-15-13-33(14-16-34,32(37)38)23-11-7-4-8-12-23/h3-12,17,19H,13-16,18H2,1-2H3,(H,37,38). The third-order valence-corrected chi connectivity index (χ3v) is 8.37. The van der Waals surface area contributed by atoms with E-state index in [4.69, 9.17) is 8.83 Å². The number of aryl methyl sites for hydroxylation is 2. The predicted octanol–water partition coefficient (Wildman–Crippen LogP) is 6.01. The SMILES string of the molecule is Cc1oc2cc3oc(=O)c(CC(=O)N4CCC(C(=O)O)(c5ccccc5)CC4)c(C)c3cc2c1-c1ccccc1. The summed E-state index contributed by atoms with van der Waals surface area (Å²) >= 11 is 0. The van der Waals surface area contributed by atoms with Crippen LogP contribution in [0.25, 0.3) is 33.1 Å². The molecule has 1 fully saturated rings. The van der Waals surface area contributed by atoms with Gasteiger partial charge in [-0.25, -0.2) is 4.79 Å². The fourth-order valence-corrected chi connectivity index (χ4v) is 6.05. The Bertz CT molecular complexity index is 1810. The van der Waals surface area contributed by atoms with Crippen molar-refractivity contribution in [2.24, 2.45) is 0 Å². The fourth-order valence-electron chi connectivity index (χ4n) is 6.05. The highest BCUT2D eigenvalue weighted by Crippen LogP contribution is 2.38. The second-order valence-electron chi connectivity index (χ2n) is 10.5. The van der Waals surface area contributed by atoms with Crippen LogP contribution in [0.5, 0.6) is 0 Å². The maximum atomic E-state index is 13.4. The molecule has 40 heavy (non-hydrogen) atoms. The Morgan fingerprint density at radius 1 is 0.875 bits per heavy atom. The molecule has 1 aliphatic rings. The lowest BCUT2D eigenvalue weighted by Crippen LogP contribution is -2.49. The van der Waals surface area contributed by atoms with Crippen LogP contribution in [0, 0.1) is 13.8 Å². The van der Waals surface area contributed by atoms with E-state index in [9.17, 15) is 19.5 Å². The number of carboxylic acid groups (broad SMARTS) is 1. The van der Waals surface area contributed by atoms with Crippen molar-refractivity contribution in [2.45, 2.75) is 38.5 Å². The maximum absolute atomic E-state index is 13.4. The quantitative estimate of drug-likeness (QED) is 0.277. The molecule has 0 spiro atoms. The Hall–Kier alpha value is -4.65. The van der Waals surface area contributed by atoms with Crippen molar-refractivity contribution in [1.82, 2.24) is 4.90 Å². The van der Waals surface area contributed by atoms with Crippen molar-refractivity contribution in [2.75, 3.05) is 13.1 Å². The van der Waals surface area contributed by atoms with Crippen LogP contribution < -0.4 is 5.63 Å². The number of benzene rings is 3. The van der Waals surface area contributed by atoms with Gasteiger partial charge in [-0.1, -0.05) is 60.7 Å². The molecular formula is C33H29NO6. The largest absolute Gasteiger partial charge is 0.481 e. The summed E-state index contributed by atoms with van der Waals surface area (Å²) in [6, 6.07) is 22.9. The Labute approximate surface area is 230 Å². The Morgan fingerprint density at radius 2 is 1.50 bits per heavy atom. The predicted molar refractivity (Wildman–Crippen MR) is 152 cm³/mol. The maximum Gasteiger partial charge on any atom is 0.340 e. The Morgan fingerprint density at radius 3 is 2.15 bits per heavy atom. The van der Waals surface area contributed by atoms with E-state index >= 15 is 0 Å². The molecule has 0 radical (unpaired) electrons. The number of amides is 1. The highest BCUT2D eigenvalue weighted by molar-refractivity contribution is 6.03. The molecule has 1 aliphatic heterocycles. The number of likely N-dealkylation sites (tertiary alicyclic amines) is 1. The van der Waals surface area contributed by atoms with Crippen molar-refractivity contribution < 1.29 is 23.5 Å². The van der Waals surface area contributed by atoms with Gasteiger partial charge in [0.2, 0.25) is 5.91 Å². The van der Waals surface area contributed by atoms with Gasteiger partial charge >= 0.3 is 11.6 Å². The summed E-state index contributed by atoms with van der Waals surface area (Å²) in [6.45, 7) is 4.35. The zero-order chi connectivity index (χ0) is 28.0. The van der Waals surface area contributed by atoms with Gasteiger partial charge in [-0.05, 0) is 49.4 Å². The molecule has 6 rings (SSSR count). The van der Waals surface area contributed by atoms with Crippen LogP contribution in [0.1, 0.15) is 35.3 Å². The topological polar surface area (TPSA) is 101 Å². The van der Waals surface area contributed by atoms with Crippen LogP contribution in [0.2, 0.25) is 0 Å². The molecule has 1 N–H and O–H groups in total. The molecule has 0 atom stereocenters. The van der Waals surface area contributed by atoms with Gasteiger partial charge in [0.15, 0.2) is 0 Å². The molecule has 7 heteroatoms. The highest BCUT2D eigenvalue weighted by Gasteiger charge is 2.43. The number of carbonyl (C=O) groups excluding carboxylic acids is 1. The molecule has 1 amide bonds. The van der Waals surface area contributed by atoms with Gasteiger partial charge < -0.3 is 18.8 Å². The van der Waals surface area contributed by atoms with E-state index in [1.54, 1.807) is 11.0 Å². The Kier molecular flexibility index (Phi) is 6.29. The van der Waals surface area contributed by atoms with E-state index in [0.29, 0.717) is 48.2 Å². The lowest BCUT2D eigenvalue weighted by Gasteiger charge is -2.39. The first-order valence-electron chi connectivity index (χ1n) is 13.4. The molecule has 3 aromatic carbocycles. The number of fused-ring (bicyclic) bond motifs is 2. The van der Waals surface area contributed by atoms with E-state index in [0.717, 1.165) is 33.2 Å². The van der Waals surface area contributed by atoms with Gasteiger partial charge in [-0.2, -0.15) is 0 Å². The number of carboxylic acids is 1. The summed E-state index contributed by atoms with van der Waals surface area (Å²) < 4.78 is 11.7. The number of hydrogen-bond acceptors (Lipinski definition) is 5. The normalized spacial score (nSPS) is 15.0. The van der Waals surface area contributed by atoms with Gasteiger partial charge in [0.05, 0.1) is 17.4 Å². The zero-order valence-electron chi connectivity index (χ0n) is 22.4. The van der Waals surface area contributed by atoms with Crippen molar-refractivity contribution in [1.29, 1.82) is 0 Å². The average Bonchev–Trinajstić information content (AvgIpc) is 3.29. The van der Waals surface area contributed by atoms with E-state index < -0.39 is 17.0 Å². The molecule has 7 nitrogen and oxygen atoms in total. The van der Waals surface area contributed by atoms with Crippen LogP contribution in [-0.2, 0) is 21.4 Å². The summed E-state index contributed by atoms with van der Waals surface area (Å²) in [6.07, 6.45) is 0.510. The van der Waals surface area contributed by atoms with Gasteiger partial charge in [0, 0.05) is 35.5 Å². The van der Waals surface area contributed by atoms with Crippen molar-refractivity contribution >= 4 is 33.8 Å². The molecule has 0 unspecified atom stereocenters. The lowest BCUT2D eigenvalue weighted by molar-refractivity contribution is -0.148. The van der Waals surface area contributed by atoms with Crippen LogP contribution in [0.15, 0.2) is 86.4 Å². The minimum atomic E-state index is -1.03. The first kappa shape index (κ1) is 25.6. The average molecular weight is 536 g/mol.